The maximum Gasteiger partial charge on any atom is 0.304 e. The SMILES string of the molecule is C[C@H](N)C(=O)N1CC(CC(=O)O)c2ccccc21. The molecule has 1 aliphatic rings. The Kier molecular flexibility index (Phi) is 3.34. The topological polar surface area (TPSA) is 83.6 Å². The summed E-state index contributed by atoms with van der Waals surface area (Å²) in [5.74, 6) is -1.18. The number of aliphatic carboxylic acids is 1. The second-order valence-electron chi connectivity index (χ2n) is 4.59. The molecule has 18 heavy (non-hydrogen) atoms. The third kappa shape index (κ3) is 2.22. The van der Waals surface area contributed by atoms with Crippen LogP contribution in [0.25, 0.3) is 0 Å². The molecule has 0 spiro atoms. The molecule has 5 heteroatoms. The van der Waals surface area contributed by atoms with Gasteiger partial charge in [0.15, 0.2) is 0 Å². The first kappa shape index (κ1) is 12.6. The summed E-state index contributed by atoms with van der Waals surface area (Å²) >= 11 is 0. The Morgan fingerprint density at radius 3 is 2.78 bits per heavy atom. The zero-order valence-electron chi connectivity index (χ0n) is 10.2. The maximum absolute atomic E-state index is 12.0. The zero-order valence-corrected chi connectivity index (χ0v) is 10.2. The summed E-state index contributed by atoms with van der Waals surface area (Å²) in [7, 11) is 0. The van der Waals surface area contributed by atoms with E-state index >= 15 is 0 Å². The molecule has 1 aromatic carbocycles. The predicted octanol–water partition coefficient (Wildman–Crippen LogP) is 0.939. The van der Waals surface area contributed by atoms with Crippen molar-refractivity contribution in [1.29, 1.82) is 0 Å². The number of hydrogen-bond donors (Lipinski definition) is 2. The largest absolute Gasteiger partial charge is 0.481 e. The molecule has 1 heterocycles. The molecule has 0 saturated carbocycles. The number of hydrogen-bond acceptors (Lipinski definition) is 3. The van der Waals surface area contributed by atoms with E-state index in [-0.39, 0.29) is 18.2 Å². The number of rotatable bonds is 3. The number of nitrogens with zero attached hydrogens (tertiary/aromatic N) is 1. The van der Waals surface area contributed by atoms with Gasteiger partial charge in [-0.1, -0.05) is 18.2 Å². The molecule has 5 nitrogen and oxygen atoms in total. The molecule has 0 radical (unpaired) electrons. The summed E-state index contributed by atoms with van der Waals surface area (Å²) in [5.41, 5.74) is 7.31. The quantitative estimate of drug-likeness (QED) is 0.833. The van der Waals surface area contributed by atoms with E-state index in [0.29, 0.717) is 6.54 Å². The molecular formula is C13H16N2O3. The molecule has 96 valence electrons. The fraction of sp³-hybridized carbons (Fsp3) is 0.385. The number of carbonyl (C=O) groups excluding carboxylic acids is 1. The van der Waals surface area contributed by atoms with Crippen molar-refractivity contribution in [3.8, 4) is 0 Å². The van der Waals surface area contributed by atoms with Crippen molar-refractivity contribution in [2.45, 2.75) is 25.3 Å². The lowest BCUT2D eigenvalue weighted by molar-refractivity contribution is -0.137. The van der Waals surface area contributed by atoms with Crippen LogP contribution in [-0.4, -0.2) is 29.6 Å². The molecule has 2 rings (SSSR count). The van der Waals surface area contributed by atoms with Crippen molar-refractivity contribution in [2.24, 2.45) is 5.73 Å². The summed E-state index contributed by atoms with van der Waals surface area (Å²) in [6, 6.07) is 6.81. The van der Waals surface area contributed by atoms with Crippen LogP contribution >= 0.6 is 0 Å². The number of amides is 1. The van der Waals surface area contributed by atoms with Gasteiger partial charge in [-0.3, -0.25) is 9.59 Å². The molecule has 0 aliphatic carbocycles. The van der Waals surface area contributed by atoms with Crippen LogP contribution in [-0.2, 0) is 9.59 Å². The molecule has 1 unspecified atom stereocenters. The van der Waals surface area contributed by atoms with Gasteiger partial charge >= 0.3 is 5.97 Å². The molecular weight excluding hydrogens is 232 g/mol. The minimum absolute atomic E-state index is 0.0275. The van der Waals surface area contributed by atoms with E-state index in [9.17, 15) is 9.59 Å². The second-order valence-corrected chi connectivity index (χ2v) is 4.59. The Labute approximate surface area is 105 Å². The lowest BCUT2D eigenvalue weighted by atomic mass is 9.98. The summed E-state index contributed by atoms with van der Waals surface area (Å²) in [6.07, 6.45) is 0.0275. The van der Waals surface area contributed by atoms with Crippen molar-refractivity contribution < 1.29 is 14.7 Å². The Bertz CT molecular complexity index is 485. The van der Waals surface area contributed by atoms with Crippen LogP contribution in [0.15, 0.2) is 24.3 Å². The molecule has 1 aliphatic heterocycles. The monoisotopic (exact) mass is 248 g/mol. The lowest BCUT2D eigenvalue weighted by Crippen LogP contribution is -2.41. The molecule has 3 N–H and O–H groups in total. The van der Waals surface area contributed by atoms with Gasteiger partial charge in [0.1, 0.15) is 0 Å². The number of nitrogens with two attached hydrogens (primary N) is 1. The Morgan fingerprint density at radius 2 is 2.17 bits per heavy atom. The van der Waals surface area contributed by atoms with Crippen LogP contribution in [0, 0.1) is 0 Å². The fourth-order valence-corrected chi connectivity index (χ4v) is 2.34. The highest BCUT2D eigenvalue weighted by Crippen LogP contribution is 2.38. The average Bonchev–Trinajstić information content (AvgIpc) is 2.67. The molecule has 1 aromatic rings. The minimum Gasteiger partial charge on any atom is -0.481 e. The number of carbonyl (C=O) groups is 2. The lowest BCUT2D eigenvalue weighted by Gasteiger charge is -2.19. The molecule has 2 atom stereocenters. The summed E-state index contributed by atoms with van der Waals surface area (Å²) < 4.78 is 0. The normalized spacial score (nSPS) is 19.4. The number of carboxylic acids is 1. The van der Waals surface area contributed by atoms with E-state index in [1.54, 1.807) is 11.8 Å². The molecule has 0 saturated heterocycles. The van der Waals surface area contributed by atoms with Gasteiger partial charge in [0.25, 0.3) is 0 Å². The average molecular weight is 248 g/mol. The molecule has 1 amide bonds. The van der Waals surface area contributed by atoms with Gasteiger partial charge in [-0.05, 0) is 18.6 Å². The Balaban J connectivity index is 2.33. The van der Waals surface area contributed by atoms with E-state index in [0.717, 1.165) is 11.3 Å². The summed E-state index contributed by atoms with van der Waals surface area (Å²) in [4.78, 5) is 24.4. The van der Waals surface area contributed by atoms with Crippen LogP contribution < -0.4 is 10.6 Å². The zero-order chi connectivity index (χ0) is 13.3. The number of fused-ring (bicyclic) bond motifs is 1. The van der Waals surface area contributed by atoms with Crippen LogP contribution in [0.1, 0.15) is 24.8 Å². The number of anilines is 1. The van der Waals surface area contributed by atoms with Crippen molar-refractivity contribution in [2.75, 3.05) is 11.4 Å². The van der Waals surface area contributed by atoms with E-state index < -0.39 is 12.0 Å². The van der Waals surface area contributed by atoms with Crippen molar-refractivity contribution in [3.63, 3.8) is 0 Å². The number of para-hydroxylation sites is 1. The first-order valence-electron chi connectivity index (χ1n) is 5.88. The van der Waals surface area contributed by atoms with E-state index in [2.05, 4.69) is 0 Å². The third-order valence-corrected chi connectivity index (χ3v) is 3.15. The van der Waals surface area contributed by atoms with Crippen LogP contribution in [0.2, 0.25) is 0 Å². The highest BCUT2D eigenvalue weighted by Gasteiger charge is 2.34. The van der Waals surface area contributed by atoms with Gasteiger partial charge in [-0.25, -0.2) is 0 Å². The standard InChI is InChI=1S/C13H16N2O3/c1-8(14)13(18)15-7-9(6-12(16)17)10-4-2-3-5-11(10)15/h2-5,8-9H,6-7,14H2,1H3,(H,16,17)/t8-,9?/m0/s1. The van der Waals surface area contributed by atoms with Crippen LogP contribution in [0.5, 0.6) is 0 Å². The Hall–Kier alpha value is -1.88. The van der Waals surface area contributed by atoms with Gasteiger partial charge in [-0.15, -0.1) is 0 Å². The van der Waals surface area contributed by atoms with E-state index in [4.69, 9.17) is 10.8 Å². The maximum atomic E-state index is 12.0. The van der Waals surface area contributed by atoms with E-state index in [1.807, 2.05) is 24.3 Å². The van der Waals surface area contributed by atoms with Gasteiger partial charge in [-0.2, -0.15) is 0 Å². The molecule has 0 aromatic heterocycles. The number of benzene rings is 1. The van der Waals surface area contributed by atoms with Gasteiger partial charge in [0, 0.05) is 18.2 Å². The van der Waals surface area contributed by atoms with E-state index in [1.165, 1.54) is 0 Å². The summed E-state index contributed by atoms with van der Waals surface area (Å²) in [6.45, 7) is 2.03. The Morgan fingerprint density at radius 1 is 1.50 bits per heavy atom. The first-order valence-corrected chi connectivity index (χ1v) is 5.88. The summed E-state index contributed by atoms with van der Waals surface area (Å²) in [5, 5.41) is 8.91. The second kappa shape index (κ2) is 4.78. The predicted molar refractivity (Wildman–Crippen MR) is 67.4 cm³/mol. The molecule has 0 fully saturated rings. The van der Waals surface area contributed by atoms with Crippen LogP contribution in [0.3, 0.4) is 0 Å². The van der Waals surface area contributed by atoms with Crippen molar-refractivity contribution >= 4 is 17.6 Å². The van der Waals surface area contributed by atoms with Crippen molar-refractivity contribution in [1.82, 2.24) is 0 Å². The minimum atomic E-state index is -0.857. The van der Waals surface area contributed by atoms with Crippen molar-refractivity contribution in [3.05, 3.63) is 29.8 Å². The van der Waals surface area contributed by atoms with Crippen LogP contribution in [0.4, 0.5) is 5.69 Å². The smallest absolute Gasteiger partial charge is 0.304 e. The third-order valence-electron chi connectivity index (χ3n) is 3.15. The highest BCUT2D eigenvalue weighted by molar-refractivity contribution is 5.99. The highest BCUT2D eigenvalue weighted by atomic mass is 16.4. The van der Waals surface area contributed by atoms with Gasteiger partial charge in [0.05, 0.1) is 12.5 Å². The fourth-order valence-electron chi connectivity index (χ4n) is 2.34. The first-order chi connectivity index (χ1) is 8.50. The molecule has 0 bridgehead atoms. The van der Waals surface area contributed by atoms with Gasteiger partial charge in [0.2, 0.25) is 5.91 Å². The van der Waals surface area contributed by atoms with Gasteiger partial charge < -0.3 is 15.7 Å². The number of carboxylic acid groups (broad SMARTS) is 1.